The summed E-state index contributed by atoms with van der Waals surface area (Å²) < 4.78 is 14.6. The highest BCUT2D eigenvalue weighted by atomic mass is 35.5. The fourth-order valence-corrected chi connectivity index (χ4v) is 5.07. The van der Waals surface area contributed by atoms with Gasteiger partial charge < -0.3 is 5.32 Å². The summed E-state index contributed by atoms with van der Waals surface area (Å²) in [6, 6.07) is 7.56. The van der Waals surface area contributed by atoms with E-state index in [4.69, 9.17) is 11.6 Å². The van der Waals surface area contributed by atoms with Gasteiger partial charge in [-0.1, -0.05) is 36.6 Å². The zero-order valence-electron chi connectivity index (χ0n) is 13.2. The number of carbonyl (C=O) groups excluding carboxylic acids is 1. The lowest BCUT2D eigenvalue weighted by Gasteiger charge is -2.31. The number of nitrogens with zero attached hydrogens (tertiary/aromatic N) is 1. The minimum atomic E-state index is -1.30. The molecule has 1 aromatic rings. The van der Waals surface area contributed by atoms with Crippen LogP contribution in [-0.4, -0.2) is 33.6 Å². The third-order valence-electron chi connectivity index (χ3n) is 4.72. The lowest BCUT2D eigenvalue weighted by molar-refractivity contribution is -0.126. The van der Waals surface area contributed by atoms with Crippen LogP contribution in [-0.2, 0) is 15.8 Å². The number of halogens is 1. The molecule has 126 valence electrons. The minimum Gasteiger partial charge on any atom is -0.353 e. The number of benzene rings is 1. The molecule has 2 atom stereocenters. The molecule has 0 radical (unpaired) electrons. The number of nitrogens with one attached hydrogen (secondary N) is 1. The summed E-state index contributed by atoms with van der Waals surface area (Å²) in [5, 5.41) is 3.69. The highest BCUT2D eigenvalue weighted by Crippen LogP contribution is 2.26. The number of carbonyl (C=O) groups is 1. The zero-order valence-corrected chi connectivity index (χ0v) is 14.7. The SMILES string of the molecule is O=C(NC1CCCC1)C1CCCN(S(=O)c2ccccc2Cl)C1. The number of hydrogen-bond acceptors (Lipinski definition) is 2. The van der Waals surface area contributed by atoms with Crippen LogP contribution in [0.2, 0.25) is 5.02 Å². The van der Waals surface area contributed by atoms with Crippen LogP contribution in [0, 0.1) is 5.92 Å². The predicted molar refractivity (Wildman–Crippen MR) is 92.6 cm³/mol. The molecule has 23 heavy (non-hydrogen) atoms. The molecule has 0 bridgehead atoms. The van der Waals surface area contributed by atoms with E-state index in [2.05, 4.69) is 5.32 Å². The van der Waals surface area contributed by atoms with Gasteiger partial charge in [0, 0.05) is 19.1 Å². The van der Waals surface area contributed by atoms with Gasteiger partial charge in [0.25, 0.3) is 0 Å². The Bertz CT molecular complexity index is 590. The number of piperidine rings is 1. The van der Waals surface area contributed by atoms with E-state index in [1.165, 1.54) is 12.8 Å². The second kappa shape index (κ2) is 7.77. The molecule has 1 saturated carbocycles. The van der Waals surface area contributed by atoms with Gasteiger partial charge in [-0.25, -0.2) is 8.51 Å². The first-order valence-electron chi connectivity index (χ1n) is 8.37. The average molecular weight is 355 g/mol. The lowest BCUT2D eigenvalue weighted by Crippen LogP contribution is -2.45. The van der Waals surface area contributed by atoms with E-state index in [-0.39, 0.29) is 11.8 Å². The predicted octanol–water partition coefficient (Wildman–Crippen LogP) is 3.13. The third-order valence-corrected chi connectivity index (χ3v) is 6.69. The van der Waals surface area contributed by atoms with E-state index >= 15 is 0 Å². The van der Waals surface area contributed by atoms with Gasteiger partial charge in [-0.05, 0) is 37.8 Å². The molecule has 0 aromatic heterocycles. The minimum absolute atomic E-state index is 0.0733. The van der Waals surface area contributed by atoms with Crippen LogP contribution in [0.4, 0.5) is 0 Å². The Morgan fingerprint density at radius 2 is 1.91 bits per heavy atom. The summed E-state index contributed by atoms with van der Waals surface area (Å²) in [6.07, 6.45) is 6.35. The van der Waals surface area contributed by atoms with E-state index in [1.54, 1.807) is 12.1 Å². The van der Waals surface area contributed by atoms with Gasteiger partial charge in [0.2, 0.25) is 5.91 Å². The number of hydrogen-bond donors (Lipinski definition) is 1. The molecule has 1 aromatic carbocycles. The van der Waals surface area contributed by atoms with Crippen molar-refractivity contribution < 1.29 is 9.00 Å². The van der Waals surface area contributed by atoms with E-state index in [1.807, 2.05) is 16.4 Å². The zero-order chi connectivity index (χ0) is 16.2. The fourth-order valence-electron chi connectivity index (χ4n) is 3.42. The van der Waals surface area contributed by atoms with Gasteiger partial charge in [-0.15, -0.1) is 0 Å². The van der Waals surface area contributed by atoms with Crippen LogP contribution >= 0.6 is 11.6 Å². The Kier molecular flexibility index (Phi) is 5.72. The lowest BCUT2D eigenvalue weighted by atomic mass is 9.98. The Hall–Kier alpha value is -0.910. The molecule has 1 aliphatic carbocycles. The van der Waals surface area contributed by atoms with Crippen molar-refractivity contribution in [2.45, 2.75) is 49.5 Å². The first kappa shape index (κ1) is 16.9. The van der Waals surface area contributed by atoms with Crippen LogP contribution in [0.15, 0.2) is 29.2 Å². The summed E-state index contributed by atoms with van der Waals surface area (Å²) in [5.41, 5.74) is 0. The van der Waals surface area contributed by atoms with Crippen molar-refractivity contribution >= 4 is 28.5 Å². The Morgan fingerprint density at radius 3 is 2.65 bits per heavy atom. The van der Waals surface area contributed by atoms with E-state index < -0.39 is 11.0 Å². The summed E-state index contributed by atoms with van der Waals surface area (Å²) >= 11 is 6.15. The number of rotatable bonds is 4. The Labute approximate surface area is 145 Å². The number of amides is 1. The first-order chi connectivity index (χ1) is 11.1. The van der Waals surface area contributed by atoms with Crippen molar-refractivity contribution in [3.05, 3.63) is 29.3 Å². The molecular formula is C17H23ClN2O2S. The molecule has 2 unspecified atom stereocenters. The quantitative estimate of drug-likeness (QED) is 0.903. The molecule has 1 N–H and O–H groups in total. The van der Waals surface area contributed by atoms with Crippen molar-refractivity contribution in [3.63, 3.8) is 0 Å². The summed E-state index contributed by atoms with van der Waals surface area (Å²) in [6.45, 7) is 1.28. The molecule has 2 aliphatic rings. The van der Waals surface area contributed by atoms with Crippen LogP contribution in [0.25, 0.3) is 0 Å². The van der Waals surface area contributed by atoms with Crippen LogP contribution in [0.5, 0.6) is 0 Å². The van der Waals surface area contributed by atoms with Crippen molar-refractivity contribution in [2.24, 2.45) is 5.92 Å². The van der Waals surface area contributed by atoms with Gasteiger partial charge in [-0.3, -0.25) is 4.79 Å². The van der Waals surface area contributed by atoms with E-state index in [0.29, 0.717) is 22.5 Å². The maximum absolute atomic E-state index is 12.8. The molecule has 1 heterocycles. The smallest absolute Gasteiger partial charge is 0.224 e. The maximum Gasteiger partial charge on any atom is 0.224 e. The first-order valence-corrected chi connectivity index (χ1v) is 9.85. The van der Waals surface area contributed by atoms with Crippen molar-refractivity contribution in [1.82, 2.24) is 9.62 Å². The molecule has 1 saturated heterocycles. The second-order valence-electron chi connectivity index (χ2n) is 6.40. The van der Waals surface area contributed by atoms with Crippen LogP contribution < -0.4 is 5.32 Å². The van der Waals surface area contributed by atoms with Gasteiger partial charge >= 0.3 is 0 Å². The second-order valence-corrected chi connectivity index (χ2v) is 8.26. The van der Waals surface area contributed by atoms with Gasteiger partial charge in [0.05, 0.1) is 15.8 Å². The summed E-state index contributed by atoms with van der Waals surface area (Å²) in [5.74, 6) is 0.0496. The molecular weight excluding hydrogens is 332 g/mol. The Balaban J connectivity index is 1.62. The molecule has 2 fully saturated rings. The van der Waals surface area contributed by atoms with Gasteiger partial charge in [0.15, 0.2) is 0 Å². The van der Waals surface area contributed by atoms with Crippen molar-refractivity contribution in [3.8, 4) is 0 Å². The van der Waals surface area contributed by atoms with E-state index in [0.717, 1.165) is 32.2 Å². The molecule has 6 heteroatoms. The van der Waals surface area contributed by atoms with Gasteiger partial charge in [-0.2, -0.15) is 0 Å². The van der Waals surface area contributed by atoms with Gasteiger partial charge in [0.1, 0.15) is 11.0 Å². The maximum atomic E-state index is 12.8. The van der Waals surface area contributed by atoms with E-state index in [9.17, 15) is 9.00 Å². The van der Waals surface area contributed by atoms with Crippen LogP contribution in [0.3, 0.4) is 0 Å². The van der Waals surface area contributed by atoms with Crippen LogP contribution in [0.1, 0.15) is 38.5 Å². The third kappa shape index (κ3) is 4.14. The van der Waals surface area contributed by atoms with Crippen molar-refractivity contribution in [2.75, 3.05) is 13.1 Å². The standard InChI is InChI=1S/C17H23ClN2O2S/c18-15-9-3-4-10-16(15)23(22)20-11-5-6-13(12-20)17(21)19-14-7-1-2-8-14/h3-4,9-10,13-14H,1-2,5-8,11-12H2,(H,19,21). The highest BCUT2D eigenvalue weighted by molar-refractivity contribution is 7.82. The summed E-state index contributed by atoms with van der Waals surface area (Å²) in [7, 11) is -1.30. The average Bonchev–Trinajstić information content (AvgIpc) is 3.08. The molecule has 1 amide bonds. The Morgan fingerprint density at radius 1 is 1.17 bits per heavy atom. The molecule has 1 aliphatic heterocycles. The molecule has 4 nitrogen and oxygen atoms in total. The fraction of sp³-hybridized carbons (Fsp3) is 0.588. The normalized spacial score (nSPS) is 24.5. The molecule has 3 rings (SSSR count). The highest BCUT2D eigenvalue weighted by Gasteiger charge is 2.31. The summed E-state index contributed by atoms with van der Waals surface area (Å²) in [4.78, 5) is 13.1. The van der Waals surface area contributed by atoms with Crippen molar-refractivity contribution in [1.29, 1.82) is 0 Å². The monoisotopic (exact) mass is 354 g/mol. The molecule has 0 spiro atoms. The largest absolute Gasteiger partial charge is 0.353 e. The topological polar surface area (TPSA) is 49.4 Å².